The molecule has 0 spiro atoms. The highest BCUT2D eigenvalue weighted by Gasteiger charge is 2.62. The smallest absolute Gasteiger partial charge is 0.266 e. The zero-order chi connectivity index (χ0) is 29.6. The number of amides is 1. The fraction of sp³-hybridized carbons (Fsp3) is 0.788. The highest BCUT2D eigenvalue weighted by molar-refractivity contribution is 7.85. The maximum absolute atomic E-state index is 13.4. The molecule has 1 amide bonds. The summed E-state index contributed by atoms with van der Waals surface area (Å²) in [5.74, 6) is 2.05. The number of hydrogen-bond acceptors (Lipinski definition) is 5. The minimum absolute atomic E-state index is 0.0259. The molecule has 5 unspecified atom stereocenters. The van der Waals surface area contributed by atoms with Crippen LogP contribution in [0, 0.1) is 46.3 Å². The van der Waals surface area contributed by atoms with Crippen molar-refractivity contribution in [2.24, 2.45) is 46.3 Å². The Bertz CT molecular complexity index is 1180. The van der Waals surface area contributed by atoms with Crippen molar-refractivity contribution in [1.29, 1.82) is 0 Å². The number of nitrogens with zero attached hydrogens (tertiary/aromatic N) is 1. The van der Waals surface area contributed by atoms with Crippen molar-refractivity contribution in [3.05, 3.63) is 35.9 Å². The van der Waals surface area contributed by atoms with Crippen LogP contribution in [0.5, 0.6) is 0 Å². The van der Waals surface area contributed by atoms with E-state index in [-0.39, 0.29) is 35.5 Å². The summed E-state index contributed by atoms with van der Waals surface area (Å²) in [6.45, 7) is 7.46. The van der Waals surface area contributed by atoms with Crippen molar-refractivity contribution in [1.82, 2.24) is 4.90 Å². The van der Waals surface area contributed by atoms with Gasteiger partial charge < -0.3 is 15.1 Å². The van der Waals surface area contributed by atoms with E-state index in [4.69, 9.17) is 0 Å². The Labute approximate surface area is 246 Å². The van der Waals surface area contributed by atoms with Crippen LogP contribution in [-0.4, -0.2) is 58.5 Å². The lowest BCUT2D eigenvalue weighted by atomic mass is 9.43. The summed E-state index contributed by atoms with van der Waals surface area (Å²) >= 11 is 0. The van der Waals surface area contributed by atoms with E-state index < -0.39 is 15.9 Å². The first kappa shape index (κ1) is 31.0. The maximum atomic E-state index is 13.4. The van der Waals surface area contributed by atoms with Crippen molar-refractivity contribution in [2.75, 3.05) is 12.3 Å². The van der Waals surface area contributed by atoms with E-state index in [9.17, 15) is 28.0 Å². The van der Waals surface area contributed by atoms with Crippen molar-refractivity contribution in [3.63, 3.8) is 0 Å². The number of benzene rings is 1. The van der Waals surface area contributed by atoms with Gasteiger partial charge >= 0.3 is 0 Å². The van der Waals surface area contributed by atoms with Crippen molar-refractivity contribution >= 4 is 16.0 Å². The third-order valence-electron chi connectivity index (χ3n) is 12.4. The number of rotatable bonds is 9. The maximum Gasteiger partial charge on any atom is 0.266 e. The Morgan fingerprint density at radius 1 is 1.00 bits per heavy atom. The van der Waals surface area contributed by atoms with Gasteiger partial charge in [0.05, 0.1) is 18.0 Å². The van der Waals surface area contributed by atoms with Crippen LogP contribution in [0.3, 0.4) is 0 Å². The molecule has 0 aromatic heterocycles. The summed E-state index contributed by atoms with van der Waals surface area (Å²) in [4.78, 5) is 14.9. The van der Waals surface area contributed by atoms with Crippen molar-refractivity contribution in [3.8, 4) is 0 Å². The van der Waals surface area contributed by atoms with E-state index in [1.54, 1.807) is 4.90 Å². The van der Waals surface area contributed by atoms with E-state index >= 15 is 0 Å². The van der Waals surface area contributed by atoms with Crippen LogP contribution >= 0.6 is 0 Å². The number of fused-ring (bicyclic) bond motifs is 5. The van der Waals surface area contributed by atoms with Gasteiger partial charge in [0, 0.05) is 19.5 Å². The average Bonchev–Trinajstić information content (AvgIpc) is 3.27. The van der Waals surface area contributed by atoms with Gasteiger partial charge in [-0.2, -0.15) is 8.42 Å². The standard InChI is InChI=1S/C33H51NO6S/c1-22(9-12-30(37)34(17-18-41(38,39)40)21-23-7-5-4-6-8-23)26-10-11-27-31-28(14-16-33(26,27)3)32(2)15-13-25(35)19-24(32)20-29(31)36/h4-8,22,24-29,31,35-36H,9-21H2,1-3H3,(H,38,39,40)/t22?,24-,25+,26?,27?,28?,29-,31?,32-,33+/m0/s1. The van der Waals surface area contributed by atoms with Gasteiger partial charge in [-0.15, -0.1) is 0 Å². The molecule has 4 aliphatic carbocycles. The summed E-state index contributed by atoms with van der Waals surface area (Å²) in [7, 11) is -4.17. The van der Waals surface area contributed by atoms with Gasteiger partial charge in [0.1, 0.15) is 0 Å². The van der Waals surface area contributed by atoms with Gasteiger partial charge in [0.15, 0.2) is 0 Å². The van der Waals surface area contributed by atoms with Crippen LogP contribution in [0.25, 0.3) is 0 Å². The second kappa shape index (κ2) is 11.9. The van der Waals surface area contributed by atoms with Gasteiger partial charge in [0.25, 0.3) is 10.1 Å². The lowest BCUT2D eigenvalue weighted by Crippen LogP contribution is -2.58. The van der Waals surface area contributed by atoms with Gasteiger partial charge in [-0.25, -0.2) is 0 Å². The van der Waals surface area contributed by atoms with Crippen LogP contribution in [0.2, 0.25) is 0 Å². The molecule has 0 radical (unpaired) electrons. The predicted molar refractivity (Wildman–Crippen MR) is 159 cm³/mol. The van der Waals surface area contributed by atoms with Crippen LogP contribution in [-0.2, 0) is 21.5 Å². The Morgan fingerprint density at radius 3 is 2.39 bits per heavy atom. The monoisotopic (exact) mass is 589 g/mol. The molecule has 1 aromatic rings. The zero-order valence-corrected chi connectivity index (χ0v) is 25.9. The summed E-state index contributed by atoms with van der Waals surface area (Å²) in [5.41, 5.74) is 1.29. The molecular formula is C33H51NO6S. The zero-order valence-electron chi connectivity index (χ0n) is 25.1. The normalized spacial score (nSPS) is 39.3. The van der Waals surface area contributed by atoms with Crippen LogP contribution in [0.15, 0.2) is 30.3 Å². The largest absolute Gasteiger partial charge is 0.393 e. The first-order chi connectivity index (χ1) is 19.3. The highest BCUT2D eigenvalue weighted by Crippen LogP contribution is 2.68. The Hall–Kier alpha value is -1.48. The molecule has 0 heterocycles. The average molecular weight is 590 g/mol. The Morgan fingerprint density at radius 2 is 1.68 bits per heavy atom. The number of aliphatic hydroxyl groups is 2. The van der Waals surface area contributed by atoms with E-state index in [2.05, 4.69) is 20.8 Å². The molecular weight excluding hydrogens is 538 g/mol. The Kier molecular flexibility index (Phi) is 8.98. The molecule has 5 rings (SSSR count). The van der Waals surface area contributed by atoms with Crippen molar-refractivity contribution < 1.29 is 28.0 Å². The molecule has 8 heteroatoms. The second-order valence-corrected chi connectivity index (χ2v) is 16.1. The third-order valence-corrected chi connectivity index (χ3v) is 13.1. The van der Waals surface area contributed by atoms with Crippen LogP contribution in [0.1, 0.15) is 90.5 Å². The SMILES string of the molecule is CC(CCC(=O)N(CCS(=O)(=O)O)Cc1ccccc1)C1CCC2C3C(CC[C@]12C)[C@@]1(C)CC[C@@H](O)C[C@H]1C[C@@H]3O. The lowest BCUT2D eigenvalue weighted by molar-refractivity contribution is -0.174. The molecule has 4 saturated carbocycles. The van der Waals surface area contributed by atoms with Gasteiger partial charge in [0.2, 0.25) is 5.91 Å². The number of hydrogen-bond donors (Lipinski definition) is 3. The van der Waals surface area contributed by atoms with Crippen LogP contribution in [0.4, 0.5) is 0 Å². The quantitative estimate of drug-likeness (QED) is 0.336. The molecule has 0 bridgehead atoms. The number of carbonyl (C=O) groups excluding carboxylic acids is 1. The number of carbonyl (C=O) groups is 1. The molecule has 41 heavy (non-hydrogen) atoms. The summed E-state index contributed by atoms with van der Waals surface area (Å²) < 4.78 is 32.2. The van der Waals surface area contributed by atoms with E-state index in [0.29, 0.717) is 48.5 Å². The first-order valence-corrected chi connectivity index (χ1v) is 17.6. The molecule has 4 fully saturated rings. The fourth-order valence-corrected chi connectivity index (χ4v) is 10.7. The van der Waals surface area contributed by atoms with E-state index in [1.807, 2.05) is 30.3 Å². The first-order valence-electron chi connectivity index (χ1n) is 15.9. The molecule has 230 valence electrons. The highest BCUT2D eigenvalue weighted by atomic mass is 32.2. The topological polar surface area (TPSA) is 115 Å². The second-order valence-electron chi connectivity index (χ2n) is 14.6. The Balaban J connectivity index is 1.24. The minimum Gasteiger partial charge on any atom is -0.393 e. The molecule has 10 atom stereocenters. The van der Waals surface area contributed by atoms with Gasteiger partial charge in [-0.3, -0.25) is 9.35 Å². The van der Waals surface area contributed by atoms with E-state index in [1.165, 1.54) is 0 Å². The molecule has 0 aliphatic heterocycles. The predicted octanol–water partition coefficient (Wildman–Crippen LogP) is 5.31. The van der Waals surface area contributed by atoms with Gasteiger partial charge in [-0.05, 0) is 110 Å². The molecule has 4 aliphatic rings. The summed E-state index contributed by atoms with van der Waals surface area (Å²) in [6.07, 6.45) is 8.74. The minimum atomic E-state index is -4.17. The summed E-state index contributed by atoms with van der Waals surface area (Å²) in [5, 5.41) is 21.9. The fourth-order valence-electron chi connectivity index (χ4n) is 10.2. The molecule has 1 aromatic carbocycles. The van der Waals surface area contributed by atoms with E-state index in [0.717, 1.165) is 63.4 Å². The molecule has 7 nitrogen and oxygen atoms in total. The number of aliphatic hydroxyl groups excluding tert-OH is 2. The molecule has 0 saturated heterocycles. The molecule has 3 N–H and O–H groups in total. The van der Waals surface area contributed by atoms with Gasteiger partial charge in [-0.1, -0.05) is 51.1 Å². The summed E-state index contributed by atoms with van der Waals surface area (Å²) in [6, 6.07) is 9.54. The lowest BCUT2D eigenvalue weighted by Gasteiger charge is -2.62. The third kappa shape index (κ3) is 6.27. The van der Waals surface area contributed by atoms with Crippen LogP contribution < -0.4 is 0 Å². The van der Waals surface area contributed by atoms with Crippen molar-refractivity contribution in [2.45, 2.75) is 104 Å².